The minimum atomic E-state index is -0.0314. The van der Waals surface area contributed by atoms with Gasteiger partial charge in [0.25, 0.3) is 5.91 Å². The molecule has 0 spiro atoms. The number of fused-ring (bicyclic) bond motifs is 1. The molecule has 2 aromatic rings. The third-order valence-corrected chi connectivity index (χ3v) is 3.75. The van der Waals surface area contributed by atoms with Gasteiger partial charge in [0, 0.05) is 11.3 Å². The van der Waals surface area contributed by atoms with Gasteiger partial charge in [-0.25, -0.2) is 0 Å². The highest BCUT2D eigenvalue weighted by atomic mass is 16.1. The van der Waals surface area contributed by atoms with Crippen molar-refractivity contribution in [1.82, 2.24) is 0 Å². The summed E-state index contributed by atoms with van der Waals surface area (Å²) in [4.78, 5) is 12.2. The second-order valence-corrected chi connectivity index (χ2v) is 5.11. The molecule has 1 amide bonds. The van der Waals surface area contributed by atoms with Crippen molar-refractivity contribution >= 4 is 11.6 Å². The highest BCUT2D eigenvalue weighted by Crippen LogP contribution is 2.25. The van der Waals surface area contributed by atoms with Crippen LogP contribution in [0.25, 0.3) is 0 Å². The number of aryl methyl sites for hydroxylation is 3. The van der Waals surface area contributed by atoms with Crippen molar-refractivity contribution in [3.8, 4) is 0 Å². The molecular weight excluding hydrogens is 234 g/mol. The number of carbonyl (C=O) groups excluding carboxylic acids is 1. The summed E-state index contributed by atoms with van der Waals surface area (Å²) >= 11 is 0. The molecule has 0 saturated carbocycles. The number of rotatable bonds is 2. The van der Waals surface area contributed by atoms with Crippen molar-refractivity contribution in [2.45, 2.75) is 26.2 Å². The highest BCUT2D eigenvalue weighted by molar-refractivity contribution is 6.05. The first-order chi connectivity index (χ1) is 9.24. The molecule has 1 aliphatic carbocycles. The van der Waals surface area contributed by atoms with Gasteiger partial charge in [-0.2, -0.15) is 0 Å². The van der Waals surface area contributed by atoms with Crippen LogP contribution in [-0.4, -0.2) is 5.91 Å². The van der Waals surface area contributed by atoms with E-state index in [0.717, 1.165) is 23.2 Å². The zero-order valence-corrected chi connectivity index (χ0v) is 11.1. The Hall–Kier alpha value is -2.09. The molecule has 0 bridgehead atoms. The standard InChI is InChI=1S/C17H17NO/c1-12-5-2-3-8-16(12)17(19)18-15-10-9-13-6-4-7-14(13)11-15/h2-3,5,8-11H,4,6-7H2,1H3,(H,18,19). The normalized spacial score (nSPS) is 13.1. The molecule has 0 unspecified atom stereocenters. The minimum Gasteiger partial charge on any atom is -0.322 e. The van der Waals surface area contributed by atoms with Gasteiger partial charge in [-0.15, -0.1) is 0 Å². The Morgan fingerprint density at radius 2 is 1.84 bits per heavy atom. The summed E-state index contributed by atoms with van der Waals surface area (Å²) < 4.78 is 0. The van der Waals surface area contributed by atoms with E-state index in [4.69, 9.17) is 0 Å². The number of amides is 1. The Morgan fingerprint density at radius 3 is 2.68 bits per heavy atom. The molecule has 2 heteroatoms. The van der Waals surface area contributed by atoms with Gasteiger partial charge in [0.15, 0.2) is 0 Å². The van der Waals surface area contributed by atoms with E-state index in [1.807, 2.05) is 37.3 Å². The predicted molar refractivity (Wildman–Crippen MR) is 77.6 cm³/mol. The first-order valence-corrected chi connectivity index (χ1v) is 6.73. The molecule has 0 heterocycles. The van der Waals surface area contributed by atoms with Gasteiger partial charge in [0.1, 0.15) is 0 Å². The lowest BCUT2D eigenvalue weighted by atomic mass is 10.1. The Balaban J connectivity index is 1.82. The summed E-state index contributed by atoms with van der Waals surface area (Å²) in [6.45, 7) is 1.96. The SMILES string of the molecule is Cc1ccccc1C(=O)Nc1ccc2c(c1)CCC2. The van der Waals surface area contributed by atoms with E-state index in [2.05, 4.69) is 17.4 Å². The van der Waals surface area contributed by atoms with Crippen molar-refractivity contribution in [2.24, 2.45) is 0 Å². The molecule has 2 aromatic carbocycles. The third-order valence-electron chi connectivity index (χ3n) is 3.75. The van der Waals surface area contributed by atoms with Gasteiger partial charge in [-0.3, -0.25) is 4.79 Å². The average Bonchev–Trinajstić information content (AvgIpc) is 2.86. The Morgan fingerprint density at radius 1 is 1.05 bits per heavy atom. The summed E-state index contributed by atoms with van der Waals surface area (Å²) in [5.74, 6) is -0.0314. The van der Waals surface area contributed by atoms with Crippen LogP contribution in [0.1, 0.15) is 33.5 Å². The predicted octanol–water partition coefficient (Wildman–Crippen LogP) is 3.74. The minimum absolute atomic E-state index is 0.0314. The molecule has 96 valence electrons. The van der Waals surface area contributed by atoms with Crippen LogP contribution in [0.4, 0.5) is 5.69 Å². The topological polar surface area (TPSA) is 29.1 Å². The number of hydrogen-bond donors (Lipinski definition) is 1. The van der Waals surface area contributed by atoms with Gasteiger partial charge in [0.2, 0.25) is 0 Å². The Bertz CT molecular complexity index is 631. The molecule has 0 aromatic heterocycles. The van der Waals surface area contributed by atoms with Gasteiger partial charge >= 0.3 is 0 Å². The number of anilines is 1. The smallest absolute Gasteiger partial charge is 0.255 e. The summed E-state index contributed by atoms with van der Waals surface area (Å²) in [5, 5.41) is 2.99. The van der Waals surface area contributed by atoms with E-state index >= 15 is 0 Å². The molecule has 0 saturated heterocycles. The maximum atomic E-state index is 12.2. The monoisotopic (exact) mass is 251 g/mol. The Kier molecular flexibility index (Phi) is 3.08. The van der Waals surface area contributed by atoms with Crippen LogP contribution in [0.3, 0.4) is 0 Å². The fourth-order valence-electron chi connectivity index (χ4n) is 2.68. The van der Waals surface area contributed by atoms with Crippen LogP contribution >= 0.6 is 0 Å². The lowest BCUT2D eigenvalue weighted by Crippen LogP contribution is -2.13. The van der Waals surface area contributed by atoms with Gasteiger partial charge < -0.3 is 5.32 Å². The first-order valence-electron chi connectivity index (χ1n) is 6.73. The first kappa shape index (κ1) is 12.0. The second kappa shape index (κ2) is 4.88. The zero-order valence-electron chi connectivity index (χ0n) is 11.1. The third kappa shape index (κ3) is 2.39. The van der Waals surface area contributed by atoms with Crippen LogP contribution in [0, 0.1) is 6.92 Å². The van der Waals surface area contributed by atoms with Gasteiger partial charge in [0.05, 0.1) is 0 Å². The maximum Gasteiger partial charge on any atom is 0.255 e. The van der Waals surface area contributed by atoms with E-state index < -0.39 is 0 Å². The summed E-state index contributed by atoms with van der Waals surface area (Å²) in [6.07, 6.45) is 3.52. The van der Waals surface area contributed by atoms with Crippen molar-refractivity contribution < 1.29 is 4.79 Å². The van der Waals surface area contributed by atoms with Crippen molar-refractivity contribution in [3.05, 3.63) is 64.7 Å². The molecule has 1 aliphatic rings. The van der Waals surface area contributed by atoms with E-state index in [1.54, 1.807) is 0 Å². The molecular formula is C17H17NO. The molecule has 2 nitrogen and oxygen atoms in total. The number of benzene rings is 2. The summed E-state index contributed by atoms with van der Waals surface area (Å²) in [7, 11) is 0. The summed E-state index contributed by atoms with van der Waals surface area (Å²) in [6, 6.07) is 13.9. The van der Waals surface area contributed by atoms with Crippen LogP contribution in [0.2, 0.25) is 0 Å². The zero-order chi connectivity index (χ0) is 13.2. The molecule has 0 fully saturated rings. The number of carbonyl (C=O) groups is 1. The lowest BCUT2D eigenvalue weighted by molar-refractivity contribution is 0.102. The highest BCUT2D eigenvalue weighted by Gasteiger charge is 2.13. The van der Waals surface area contributed by atoms with Crippen molar-refractivity contribution in [1.29, 1.82) is 0 Å². The molecule has 1 N–H and O–H groups in total. The fourth-order valence-corrected chi connectivity index (χ4v) is 2.68. The molecule has 0 atom stereocenters. The molecule has 0 radical (unpaired) electrons. The van der Waals surface area contributed by atoms with Gasteiger partial charge in [-0.05, 0) is 61.1 Å². The van der Waals surface area contributed by atoms with Crippen LogP contribution < -0.4 is 5.32 Å². The number of nitrogens with one attached hydrogen (secondary N) is 1. The van der Waals surface area contributed by atoms with Crippen LogP contribution in [0.15, 0.2) is 42.5 Å². The Labute approximate surface area is 113 Å². The molecule has 3 rings (SSSR count). The summed E-state index contributed by atoms with van der Waals surface area (Å²) in [5.41, 5.74) is 5.44. The second-order valence-electron chi connectivity index (χ2n) is 5.11. The average molecular weight is 251 g/mol. The molecule has 19 heavy (non-hydrogen) atoms. The van der Waals surface area contributed by atoms with Crippen LogP contribution in [-0.2, 0) is 12.8 Å². The number of hydrogen-bond acceptors (Lipinski definition) is 1. The van der Waals surface area contributed by atoms with E-state index in [-0.39, 0.29) is 5.91 Å². The van der Waals surface area contributed by atoms with Crippen LogP contribution in [0.5, 0.6) is 0 Å². The maximum absolute atomic E-state index is 12.2. The largest absolute Gasteiger partial charge is 0.322 e. The van der Waals surface area contributed by atoms with Gasteiger partial charge in [-0.1, -0.05) is 24.3 Å². The lowest BCUT2D eigenvalue weighted by Gasteiger charge is -2.09. The molecule has 0 aliphatic heterocycles. The van der Waals surface area contributed by atoms with E-state index in [1.165, 1.54) is 24.0 Å². The fraction of sp³-hybridized carbons (Fsp3) is 0.235. The quantitative estimate of drug-likeness (QED) is 0.865. The van der Waals surface area contributed by atoms with Crippen molar-refractivity contribution in [2.75, 3.05) is 5.32 Å². The van der Waals surface area contributed by atoms with E-state index in [9.17, 15) is 4.79 Å². The van der Waals surface area contributed by atoms with E-state index in [0.29, 0.717) is 0 Å². The van der Waals surface area contributed by atoms with Crippen molar-refractivity contribution in [3.63, 3.8) is 0 Å².